The van der Waals surface area contributed by atoms with Crippen LogP contribution < -0.4 is 32.7 Å². The molecule has 0 aromatic rings. The molecule has 0 radical (unpaired) electrons. The Hall–Kier alpha value is -4.95. The number of hydrogen-bond acceptors (Lipinski definition) is 14. The molecule has 2 fully saturated rings. The maximum atomic E-state index is 13.6. The van der Waals surface area contributed by atoms with Crippen LogP contribution in [0.4, 0.5) is 0 Å². The van der Waals surface area contributed by atoms with Crippen molar-refractivity contribution in [3.63, 3.8) is 0 Å². The maximum absolute atomic E-state index is 13.6. The number of unbranched alkanes of at least 4 members (excludes halogenated alkanes) is 1. The number of nitrogens with two attached hydrogens (primary N) is 2. The standard InChI is InChI=1S/C47H77N7O13/c1-27(2)19-31(46(65)52-29(5)38(57)13-16-44(63)54-18-8-10-37(54)41(60)22-30(47(66)67)9-6-7-17-48)21-33(55)26-51-45(64)32(20-28(3)4)23-40(59)35(11-14-42(49)61)53-43(62)15-12-39(58)36-24-34(56)25-50-36/h27-32,34-37,50,56H,6-26,48H2,1-5H3,(H2,49,61)(H,51,64)(H,52,65)(H,53,62)(H,66,67)/t29-,30+,31+,32+,34-,35-,36-,37-/m0/s1. The largest absolute Gasteiger partial charge is 0.481 e. The first-order chi connectivity index (χ1) is 31.5. The first-order valence-corrected chi connectivity index (χ1v) is 23.9. The topological polar surface area (TPSA) is 332 Å². The third-order valence-corrected chi connectivity index (χ3v) is 12.3. The normalized spacial score (nSPS) is 19.2. The van der Waals surface area contributed by atoms with Gasteiger partial charge in [-0.25, -0.2) is 0 Å². The number of aliphatic hydroxyl groups is 1. The van der Waals surface area contributed by atoms with E-state index in [-0.39, 0.29) is 107 Å². The number of likely N-dealkylation sites (tertiary alicyclic amines) is 1. The highest BCUT2D eigenvalue weighted by Gasteiger charge is 2.37. The van der Waals surface area contributed by atoms with Crippen molar-refractivity contribution in [2.24, 2.45) is 41.1 Å². The zero-order valence-corrected chi connectivity index (χ0v) is 40.1. The van der Waals surface area contributed by atoms with Crippen LogP contribution >= 0.6 is 0 Å². The van der Waals surface area contributed by atoms with E-state index in [9.17, 15) is 63.0 Å². The summed E-state index contributed by atoms with van der Waals surface area (Å²) < 4.78 is 0. The molecule has 2 aliphatic rings. The molecule has 10 N–H and O–H groups in total. The number of primary amides is 1. The van der Waals surface area contributed by atoms with Gasteiger partial charge in [0.05, 0.1) is 42.7 Å². The number of aliphatic carboxylic acids is 1. The molecule has 378 valence electrons. The van der Waals surface area contributed by atoms with Crippen LogP contribution in [0.5, 0.6) is 0 Å². The van der Waals surface area contributed by atoms with Gasteiger partial charge in [0.2, 0.25) is 29.5 Å². The Bertz CT molecular complexity index is 1750. The number of hydrogen-bond donors (Lipinski definition) is 8. The Morgan fingerprint density at radius 1 is 0.731 bits per heavy atom. The molecule has 0 aliphatic carbocycles. The van der Waals surface area contributed by atoms with Crippen LogP contribution in [-0.2, 0) is 52.7 Å². The number of rotatable bonds is 34. The lowest BCUT2D eigenvalue weighted by Gasteiger charge is -2.25. The van der Waals surface area contributed by atoms with E-state index in [1.54, 1.807) is 0 Å². The summed E-state index contributed by atoms with van der Waals surface area (Å²) >= 11 is 0. The highest BCUT2D eigenvalue weighted by atomic mass is 16.4. The van der Waals surface area contributed by atoms with E-state index in [0.29, 0.717) is 45.2 Å². The number of Topliss-reactive ketones (excluding diaryl/α,β-unsaturated/α-hetero) is 5. The van der Waals surface area contributed by atoms with E-state index in [1.165, 1.54) is 11.8 Å². The number of nitrogens with zero attached hydrogens (tertiary/aromatic N) is 1. The Balaban J connectivity index is 1.98. The zero-order chi connectivity index (χ0) is 50.4. The quantitative estimate of drug-likeness (QED) is 0.0414. The Morgan fingerprint density at radius 2 is 1.39 bits per heavy atom. The fourth-order valence-electron chi connectivity index (χ4n) is 8.64. The molecule has 8 atom stereocenters. The monoisotopic (exact) mass is 948 g/mol. The molecule has 0 saturated carbocycles. The second-order valence-electron chi connectivity index (χ2n) is 19.2. The molecule has 20 heteroatoms. The van der Waals surface area contributed by atoms with Crippen molar-refractivity contribution in [3.05, 3.63) is 0 Å². The van der Waals surface area contributed by atoms with Gasteiger partial charge in [0, 0.05) is 76.3 Å². The minimum Gasteiger partial charge on any atom is -0.481 e. The molecule has 5 amide bonds. The number of nitrogens with one attached hydrogen (secondary N) is 4. The van der Waals surface area contributed by atoms with Crippen molar-refractivity contribution in [1.29, 1.82) is 0 Å². The van der Waals surface area contributed by atoms with Gasteiger partial charge in [0.15, 0.2) is 23.1 Å². The Kier molecular flexibility index (Phi) is 25.8. The molecule has 2 rings (SSSR count). The summed E-state index contributed by atoms with van der Waals surface area (Å²) in [6, 6.07) is -3.53. The smallest absolute Gasteiger partial charge is 0.306 e. The molecule has 0 aromatic carbocycles. The Labute approximate surface area is 394 Å². The highest BCUT2D eigenvalue weighted by Crippen LogP contribution is 2.25. The van der Waals surface area contributed by atoms with Gasteiger partial charge in [0.1, 0.15) is 5.78 Å². The average Bonchev–Trinajstić information content (AvgIpc) is 3.93. The van der Waals surface area contributed by atoms with Crippen LogP contribution in [0.2, 0.25) is 0 Å². The maximum Gasteiger partial charge on any atom is 0.306 e. The summed E-state index contributed by atoms with van der Waals surface area (Å²) in [6.45, 7) is 9.42. The van der Waals surface area contributed by atoms with Crippen LogP contribution in [0.15, 0.2) is 0 Å². The second-order valence-corrected chi connectivity index (χ2v) is 19.2. The number of amides is 5. The zero-order valence-electron chi connectivity index (χ0n) is 40.1. The van der Waals surface area contributed by atoms with Crippen molar-refractivity contribution in [2.45, 2.75) is 174 Å². The van der Waals surface area contributed by atoms with Gasteiger partial charge in [-0.2, -0.15) is 0 Å². The summed E-state index contributed by atoms with van der Waals surface area (Å²) in [7, 11) is 0. The molecule has 2 saturated heterocycles. The van der Waals surface area contributed by atoms with Gasteiger partial charge in [0.25, 0.3) is 0 Å². The van der Waals surface area contributed by atoms with E-state index in [2.05, 4.69) is 21.3 Å². The molecule has 0 spiro atoms. The number of carbonyl (C=O) groups is 11. The van der Waals surface area contributed by atoms with E-state index in [0.717, 1.165) is 0 Å². The summed E-state index contributed by atoms with van der Waals surface area (Å²) in [6.07, 6.45) is 0.597. The fourth-order valence-corrected chi connectivity index (χ4v) is 8.64. The lowest BCUT2D eigenvalue weighted by Crippen LogP contribution is -2.45. The van der Waals surface area contributed by atoms with E-state index < -0.39 is 107 Å². The van der Waals surface area contributed by atoms with Crippen LogP contribution in [0.25, 0.3) is 0 Å². The molecule has 67 heavy (non-hydrogen) atoms. The van der Waals surface area contributed by atoms with E-state index in [1.807, 2.05) is 27.7 Å². The third kappa shape index (κ3) is 21.7. The predicted molar refractivity (Wildman–Crippen MR) is 245 cm³/mol. The minimum atomic E-state index is -1.18. The lowest BCUT2D eigenvalue weighted by atomic mass is 9.88. The molecule has 0 bridgehead atoms. The van der Waals surface area contributed by atoms with Gasteiger partial charge in [-0.1, -0.05) is 34.1 Å². The molecular formula is C47H77N7O13. The molecule has 2 aliphatic heterocycles. The SMILES string of the molecule is CC(C)C[C@H](CC(=O)[C@H](CCC(N)=O)NC(=O)CCC(=O)[C@@H]1C[C@H](O)CN1)C(=O)NCC(=O)C[C@@H](CC(C)C)C(=O)N[C@@H](C)C(=O)CCC(=O)N1CCC[C@H]1C(=O)C[C@@H](CCCCN)C(=O)O. The van der Waals surface area contributed by atoms with E-state index >= 15 is 0 Å². The van der Waals surface area contributed by atoms with Crippen molar-refractivity contribution in [2.75, 3.05) is 26.2 Å². The summed E-state index contributed by atoms with van der Waals surface area (Å²) in [4.78, 5) is 144. The minimum absolute atomic E-state index is 0.0298. The molecule has 2 heterocycles. The van der Waals surface area contributed by atoms with Gasteiger partial charge in [-0.05, 0) is 76.7 Å². The fraction of sp³-hybridized carbons (Fsp3) is 0.766. The predicted octanol–water partition coefficient (Wildman–Crippen LogP) is 0.802. The van der Waals surface area contributed by atoms with Crippen molar-refractivity contribution < 1.29 is 63.0 Å². The Morgan fingerprint density at radius 3 is 1.97 bits per heavy atom. The van der Waals surface area contributed by atoms with Crippen LogP contribution in [-0.4, -0.2) is 136 Å². The van der Waals surface area contributed by atoms with Gasteiger partial charge < -0.3 is 47.8 Å². The van der Waals surface area contributed by atoms with Crippen LogP contribution in [0.1, 0.15) is 144 Å². The summed E-state index contributed by atoms with van der Waals surface area (Å²) in [5.41, 5.74) is 10.8. The first kappa shape index (κ1) is 58.2. The van der Waals surface area contributed by atoms with Gasteiger partial charge >= 0.3 is 5.97 Å². The number of carboxylic acids is 1. The van der Waals surface area contributed by atoms with E-state index in [4.69, 9.17) is 11.5 Å². The molecular weight excluding hydrogens is 871 g/mol. The molecule has 20 nitrogen and oxygen atoms in total. The van der Waals surface area contributed by atoms with Crippen LogP contribution in [0.3, 0.4) is 0 Å². The van der Waals surface area contributed by atoms with Crippen molar-refractivity contribution in [1.82, 2.24) is 26.2 Å². The number of aliphatic hydroxyl groups excluding tert-OH is 1. The number of ketones is 5. The number of carbonyl (C=O) groups excluding carboxylic acids is 10. The first-order valence-electron chi connectivity index (χ1n) is 23.9. The highest BCUT2D eigenvalue weighted by molar-refractivity contribution is 5.97. The van der Waals surface area contributed by atoms with Gasteiger partial charge in [-0.3, -0.25) is 52.7 Å². The average molecular weight is 948 g/mol. The summed E-state index contributed by atoms with van der Waals surface area (Å²) in [5.74, 6) is -8.76. The third-order valence-electron chi connectivity index (χ3n) is 12.3. The van der Waals surface area contributed by atoms with Crippen molar-refractivity contribution in [3.8, 4) is 0 Å². The second kappa shape index (κ2) is 29.7. The summed E-state index contributed by atoms with van der Waals surface area (Å²) in [5, 5.41) is 30.0. The number of β-amino-alcohol motifs (C(OH)–C–C–N with tert-alkyl or cyclic N) is 1. The van der Waals surface area contributed by atoms with Gasteiger partial charge in [-0.15, -0.1) is 0 Å². The van der Waals surface area contributed by atoms with Crippen molar-refractivity contribution >= 4 is 64.4 Å². The molecule has 0 unspecified atom stereocenters. The lowest BCUT2D eigenvalue weighted by molar-refractivity contribution is -0.145. The molecule has 0 aromatic heterocycles. The van der Waals surface area contributed by atoms with Crippen LogP contribution in [0, 0.1) is 29.6 Å². The number of carboxylic acid groups (broad SMARTS) is 1.